The molecule has 0 saturated heterocycles. The SMILES string of the molecule is CCCOc1c(C#N)cc(Br)cc1OC. The van der Waals surface area contributed by atoms with E-state index in [1.165, 1.54) is 0 Å². The minimum atomic E-state index is 0.481. The smallest absolute Gasteiger partial charge is 0.178 e. The van der Waals surface area contributed by atoms with Crippen molar-refractivity contribution in [3.05, 3.63) is 22.2 Å². The van der Waals surface area contributed by atoms with Gasteiger partial charge in [-0.3, -0.25) is 0 Å². The molecule has 0 bridgehead atoms. The fraction of sp³-hybridized carbons (Fsp3) is 0.364. The molecule has 0 aliphatic rings. The Hall–Kier alpha value is -1.21. The largest absolute Gasteiger partial charge is 0.493 e. The summed E-state index contributed by atoms with van der Waals surface area (Å²) in [5.74, 6) is 1.10. The van der Waals surface area contributed by atoms with Crippen LogP contribution in [0.4, 0.5) is 0 Å². The molecule has 0 atom stereocenters. The van der Waals surface area contributed by atoms with E-state index in [9.17, 15) is 0 Å². The Kier molecular flexibility index (Phi) is 4.44. The van der Waals surface area contributed by atoms with Crippen molar-refractivity contribution in [1.29, 1.82) is 5.26 Å². The fourth-order valence-electron chi connectivity index (χ4n) is 1.16. The van der Waals surface area contributed by atoms with Gasteiger partial charge >= 0.3 is 0 Å². The number of nitrogens with zero attached hydrogens (tertiary/aromatic N) is 1. The molecular weight excluding hydrogens is 258 g/mol. The van der Waals surface area contributed by atoms with Crippen LogP contribution in [0.25, 0.3) is 0 Å². The highest BCUT2D eigenvalue weighted by Crippen LogP contribution is 2.34. The predicted octanol–water partition coefficient (Wildman–Crippen LogP) is 3.12. The van der Waals surface area contributed by atoms with Crippen molar-refractivity contribution < 1.29 is 9.47 Å². The molecule has 1 rings (SSSR count). The van der Waals surface area contributed by atoms with Gasteiger partial charge in [-0.15, -0.1) is 0 Å². The van der Waals surface area contributed by atoms with Gasteiger partial charge in [0.1, 0.15) is 6.07 Å². The quantitative estimate of drug-likeness (QED) is 0.844. The summed E-state index contributed by atoms with van der Waals surface area (Å²) in [7, 11) is 1.56. The Morgan fingerprint density at radius 2 is 2.20 bits per heavy atom. The lowest BCUT2D eigenvalue weighted by molar-refractivity contribution is 0.293. The minimum absolute atomic E-state index is 0.481. The Labute approximate surface area is 97.7 Å². The van der Waals surface area contributed by atoms with Gasteiger partial charge in [-0.2, -0.15) is 5.26 Å². The Balaban J connectivity index is 3.13. The summed E-state index contributed by atoms with van der Waals surface area (Å²) in [6.07, 6.45) is 0.893. The molecule has 0 amide bonds. The topological polar surface area (TPSA) is 42.2 Å². The maximum Gasteiger partial charge on any atom is 0.178 e. The number of benzene rings is 1. The molecule has 0 aromatic heterocycles. The third-order valence-electron chi connectivity index (χ3n) is 1.81. The number of methoxy groups -OCH3 is 1. The van der Waals surface area contributed by atoms with E-state index in [1.807, 2.05) is 6.92 Å². The van der Waals surface area contributed by atoms with Crippen LogP contribution in [-0.4, -0.2) is 13.7 Å². The van der Waals surface area contributed by atoms with Crippen LogP contribution in [0.15, 0.2) is 16.6 Å². The summed E-state index contributed by atoms with van der Waals surface area (Å²) in [5, 5.41) is 8.96. The number of rotatable bonds is 4. The first-order chi connectivity index (χ1) is 7.22. The minimum Gasteiger partial charge on any atom is -0.493 e. The number of ether oxygens (including phenoxy) is 2. The molecular formula is C11H12BrNO2. The van der Waals surface area contributed by atoms with Gasteiger partial charge in [0, 0.05) is 4.47 Å². The van der Waals surface area contributed by atoms with E-state index in [0.717, 1.165) is 10.9 Å². The molecule has 4 heteroatoms. The molecule has 0 unspecified atom stereocenters. The van der Waals surface area contributed by atoms with Gasteiger partial charge in [0.25, 0.3) is 0 Å². The second-order valence-electron chi connectivity index (χ2n) is 2.94. The number of hydrogen-bond acceptors (Lipinski definition) is 3. The fourth-order valence-corrected chi connectivity index (χ4v) is 1.59. The zero-order chi connectivity index (χ0) is 11.3. The van der Waals surface area contributed by atoms with Crippen LogP contribution in [0, 0.1) is 11.3 Å². The van der Waals surface area contributed by atoms with Crippen molar-refractivity contribution in [3.8, 4) is 17.6 Å². The van der Waals surface area contributed by atoms with Crippen molar-refractivity contribution in [2.75, 3.05) is 13.7 Å². The summed E-state index contributed by atoms with van der Waals surface area (Å²) in [6.45, 7) is 2.59. The van der Waals surface area contributed by atoms with Gasteiger partial charge in [-0.05, 0) is 18.6 Å². The first-order valence-electron chi connectivity index (χ1n) is 4.63. The lowest BCUT2D eigenvalue weighted by Crippen LogP contribution is -2.00. The molecule has 0 fully saturated rings. The van der Waals surface area contributed by atoms with Crippen LogP contribution in [0.1, 0.15) is 18.9 Å². The van der Waals surface area contributed by atoms with Crippen LogP contribution < -0.4 is 9.47 Å². The summed E-state index contributed by atoms with van der Waals surface area (Å²) in [5.41, 5.74) is 0.481. The highest BCUT2D eigenvalue weighted by molar-refractivity contribution is 9.10. The monoisotopic (exact) mass is 269 g/mol. The maximum absolute atomic E-state index is 8.96. The number of nitriles is 1. The van der Waals surface area contributed by atoms with Crippen LogP contribution in [-0.2, 0) is 0 Å². The molecule has 80 valence electrons. The summed E-state index contributed by atoms with van der Waals surface area (Å²) < 4.78 is 11.5. The molecule has 3 nitrogen and oxygen atoms in total. The predicted molar refractivity (Wildman–Crippen MR) is 61.2 cm³/mol. The second-order valence-corrected chi connectivity index (χ2v) is 3.86. The Morgan fingerprint density at radius 1 is 1.47 bits per heavy atom. The molecule has 0 heterocycles. The number of halogens is 1. The van der Waals surface area contributed by atoms with Crippen LogP contribution >= 0.6 is 15.9 Å². The first kappa shape index (κ1) is 11.9. The highest BCUT2D eigenvalue weighted by atomic mass is 79.9. The standard InChI is InChI=1S/C11H12BrNO2/c1-3-4-15-11-8(7-13)5-9(12)6-10(11)14-2/h5-6H,3-4H2,1-2H3. The Bertz CT molecular complexity index is 385. The van der Waals surface area contributed by atoms with Crippen molar-refractivity contribution in [3.63, 3.8) is 0 Å². The molecule has 0 spiro atoms. The molecule has 0 radical (unpaired) electrons. The van der Waals surface area contributed by atoms with Crippen LogP contribution in [0.3, 0.4) is 0 Å². The summed E-state index contributed by atoms with van der Waals surface area (Å²) in [4.78, 5) is 0. The third kappa shape index (κ3) is 2.87. The molecule has 0 N–H and O–H groups in total. The molecule has 15 heavy (non-hydrogen) atoms. The third-order valence-corrected chi connectivity index (χ3v) is 2.27. The molecule has 1 aromatic rings. The lowest BCUT2D eigenvalue weighted by atomic mass is 10.2. The van der Waals surface area contributed by atoms with Gasteiger partial charge < -0.3 is 9.47 Å². The van der Waals surface area contributed by atoms with E-state index in [1.54, 1.807) is 19.2 Å². The summed E-state index contributed by atoms with van der Waals surface area (Å²) in [6, 6.07) is 5.58. The first-order valence-corrected chi connectivity index (χ1v) is 5.42. The van der Waals surface area contributed by atoms with E-state index in [2.05, 4.69) is 22.0 Å². The zero-order valence-electron chi connectivity index (χ0n) is 8.71. The molecule has 1 aromatic carbocycles. The van der Waals surface area contributed by atoms with Crippen molar-refractivity contribution in [2.45, 2.75) is 13.3 Å². The summed E-state index contributed by atoms with van der Waals surface area (Å²) >= 11 is 3.31. The van der Waals surface area contributed by atoms with Crippen molar-refractivity contribution in [1.82, 2.24) is 0 Å². The van der Waals surface area contributed by atoms with Gasteiger partial charge in [0.05, 0.1) is 19.3 Å². The van der Waals surface area contributed by atoms with Gasteiger partial charge in [-0.25, -0.2) is 0 Å². The van der Waals surface area contributed by atoms with E-state index >= 15 is 0 Å². The van der Waals surface area contributed by atoms with Crippen molar-refractivity contribution >= 4 is 15.9 Å². The van der Waals surface area contributed by atoms with E-state index in [0.29, 0.717) is 23.7 Å². The van der Waals surface area contributed by atoms with Gasteiger partial charge in [0.2, 0.25) is 0 Å². The lowest BCUT2D eigenvalue weighted by Gasteiger charge is -2.11. The van der Waals surface area contributed by atoms with Gasteiger partial charge in [-0.1, -0.05) is 22.9 Å². The van der Waals surface area contributed by atoms with Crippen LogP contribution in [0.2, 0.25) is 0 Å². The molecule has 0 aliphatic heterocycles. The number of hydrogen-bond donors (Lipinski definition) is 0. The van der Waals surface area contributed by atoms with Crippen molar-refractivity contribution in [2.24, 2.45) is 0 Å². The molecule has 0 aliphatic carbocycles. The molecule has 0 saturated carbocycles. The normalized spacial score (nSPS) is 9.47. The van der Waals surface area contributed by atoms with Crippen LogP contribution in [0.5, 0.6) is 11.5 Å². The van der Waals surface area contributed by atoms with E-state index in [-0.39, 0.29) is 0 Å². The zero-order valence-corrected chi connectivity index (χ0v) is 10.3. The average Bonchev–Trinajstić information content (AvgIpc) is 2.26. The average molecular weight is 270 g/mol. The maximum atomic E-state index is 8.96. The van der Waals surface area contributed by atoms with E-state index < -0.39 is 0 Å². The van der Waals surface area contributed by atoms with E-state index in [4.69, 9.17) is 14.7 Å². The van der Waals surface area contributed by atoms with Gasteiger partial charge in [0.15, 0.2) is 11.5 Å². The Morgan fingerprint density at radius 3 is 2.73 bits per heavy atom. The highest BCUT2D eigenvalue weighted by Gasteiger charge is 2.11. The second kappa shape index (κ2) is 5.62.